The van der Waals surface area contributed by atoms with Gasteiger partial charge in [0, 0.05) is 28.9 Å². The van der Waals surface area contributed by atoms with Gasteiger partial charge in [0.15, 0.2) is 5.15 Å². The molecule has 1 saturated heterocycles. The zero-order valence-electron chi connectivity index (χ0n) is 23.6. The Morgan fingerprint density at radius 2 is 1.80 bits per heavy atom. The van der Waals surface area contributed by atoms with Crippen molar-refractivity contribution in [3.8, 4) is 5.69 Å². The highest BCUT2D eigenvalue weighted by molar-refractivity contribution is 6.31. The third kappa shape index (κ3) is 7.64. The topological polar surface area (TPSA) is 197 Å². The SMILES string of the molecule is N=C1C=CC(NC(=O)C(Cc2ccc(F)cc2)N2CC(=O)N(c3cc(Cl)ccc3-n3cc(Cl)nn3)CC2=O)=C/C1=C/NC(O)(O)O. The highest BCUT2D eigenvalue weighted by atomic mass is 35.5. The number of hydrogen-bond donors (Lipinski definition) is 6. The minimum atomic E-state index is -3.24. The number of aliphatic hydroxyl groups is 3. The first kappa shape index (κ1) is 32.5. The van der Waals surface area contributed by atoms with E-state index in [2.05, 4.69) is 15.6 Å². The molecule has 6 N–H and O–H groups in total. The lowest BCUT2D eigenvalue weighted by molar-refractivity contribution is -0.324. The zero-order chi connectivity index (χ0) is 33.2. The third-order valence-corrected chi connectivity index (χ3v) is 7.33. The smallest absolute Gasteiger partial charge is 0.325 e. The fourth-order valence-electron chi connectivity index (χ4n) is 4.75. The first-order valence-electron chi connectivity index (χ1n) is 13.4. The van der Waals surface area contributed by atoms with E-state index in [1.807, 2.05) is 5.32 Å². The van der Waals surface area contributed by atoms with Crippen LogP contribution in [-0.2, 0) is 20.8 Å². The van der Waals surface area contributed by atoms with Gasteiger partial charge in [-0.2, -0.15) is 0 Å². The molecule has 1 atom stereocenters. The predicted molar refractivity (Wildman–Crippen MR) is 163 cm³/mol. The van der Waals surface area contributed by atoms with Crippen molar-refractivity contribution in [2.75, 3.05) is 18.0 Å². The summed E-state index contributed by atoms with van der Waals surface area (Å²) >= 11 is 12.2. The normalized spacial score (nSPS) is 17.0. The molecule has 0 radical (unpaired) electrons. The van der Waals surface area contributed by atoms with E-state index in [0.29, 0.717) is 11.3 Å². The van der Waals surface area contributed by atoms with Gasteiger partial charge >= 0.3 is 6.10 Å². The second-order valence-corrected chi connectivity index (χ2v) is 11.0. The minimum absolute atomic E-state index is 0.0697. The molecule has 0 saturated carbocycles. The largest absolute Gasteiger partial charge is 0.366 e. The Hall–Kier alpha value is -4.93. The molecule has 0 bridgehead atoms. The van der Waals surface area contributed by atoms with Gasteiger partial charge in [-0.05, 0) is 54.1 Å². The Kier molecular flexibility index (Phi) is 9.32. The van der Waals surface area contributed by atoms with Crippen molar-refractivity contribution in [3.05, 3.63) is 106 Å². The summed E-state index contributed by atoms with van der Waals surface area (Å²) in [7, 11) is 0. The van der Waals surface area contributed by atoms with E-state index in [0.717, 1.165) is 11.1 Å². The summed E-state index contributed by atoms with van der Waals surface area (Å²) in [5.74, 6) is -2.30. The molecule has 5 rings (SSSR count). The Morgan fingerprint density at radius 1 is 1.07 bits per heavy atom. The van der Waals surface area contributed by atoms with Crippen molar-refractivity contribution in [3.63, 3.8) is 0 Å². The van der Waals surface area contributed by atoms with Gasteiger partial charge in [-0.1, -0.05) is 40.5 Å². The molecule has 1 unspecified atom stereocenters. The van der Waals surface area contributed by atoms with Crippen molar-refractivity contribution >= 4 is 52.3 Å². The minimum Gasteiger partial charge on any atom is -0.325 e. The number of carbonyl (C=O) groups excluding carboxylic acids is 3. The highest BCUT2D eigenvalue weighted by Gasteiger charge is 2.39. The summed E-state index contributed by atoms with van der Waals surface area (Å²) in [6.45, 7) is -0.951. The van der Waals surface area contributed by atoms with Crippen LogP contribution in [0.2, 0.25) is 10.2 Å². The van der Waals surface area contributed by atoms with Gasteiger partial charge in [-0.3, -0.25) is 19.3 Å². The molecule has 14 nitrogen and oxygen atoms in total. The number of nitrogens with zero attached hydrogens (tertiary/aromatic N) is 5. The number of benzene rings is 2. The molecule has 1 fully saturated rings. The molecule has 2 heterocycles. The maximum atomic E-state index is 13.7. The van der Waals surface area contributed by atoms with Crippen LogP contribution >= 0.6 is 23.2 Å². The van der Waals surface area contributed by atoms with E-state index in [1.165, 1.54) is 64.3 Å². The van der Waals surface area contributed by atoms with E-state index in [1.54, 1.807) is 12.1 Å². The molecule has 1 aromatic heterocycles. The monoisotopic (exact) mass is 670 g/mol. The maximum absolute atomic E-state index is 13.7. The number of nitrogens with one attached hydrogen (secondary N) is 3. The molecule has 2 aromatic carbocycles. The summed E-state index contributed by atoms with van der Waals surface area (Å²) in [4.78, 5) is 43.4. The van der Waals surface area contributed by atoms with Gasteiger partial charge in [0.2, 0.25) is 17.7 Å². The van der Waals surface area contributed by atoms with Crippen LogP contribution in [0.15, 0.2) is 84.4 Å². The van der Waals surface area contributed by atoms with Crippen LogP contribution in [0.3, 0.4) is 0 Å². The van der Waals surface area contributed by atoms with E-state index >= 15 is 0 Å². The number of rotatable bonds is 9. The van der Waals surface area contributed by atoms with Gasteiger partial charge in [0.25, 0.3) is 0 Å². The molecule has 1 aliphatic carbocycles. The first-order valence-corrected chi connectivity index (χ1v) is 14.2. The standard InChI is InChI=1S/C29H25Cl2FN8O6/c30-18-3-8-22(40-13-25(31)36-37-40)23(11-18)38-14-27(42)39(15-26(38)41)24(9-16-1-4-19(32)5-2-16)28(43)35-20-6-7-21(33)17(10-20)12-34-29(44,45)46/h1-8,10-13,24,33-34,44-46H,9,14-15H2,(H,35,43)/b17-12-,33-21?. The van der Waals surface area contributed by atoms with Gasteiger partial charge < -0.3 is 36.3 Å². The number of aromatic nitrogens is 3. The van der Waals surface area contributed by atoms with Crippen LogP contribution in [0.1, 0.15) is 5.56 Å². The third-order valence-electron chi connectivity index (χ3n) is 6.92. The lowest BCUT2D eigenvalue weighted by Gasteiger charge is -2.38. The number of halogens is 3. The number of hydrogen-bond acceptors (Lipinski definition) is 10. The van der Waals surface area contributed by atoms with Crippen LogP contribution in [0.4, 0.5) is 10.1 Å². The van der Waals surface area contributed by atoms with Crippen molar-refractivity contribution in [1.29, 1.82) is 5.41 Å². The van der Waals surface area contributed by atoms with Crippen LogP contribution in [0.5, 0.6) is 0 Å². The number of carbonyl (C=O) groups is 3. The van der Waals surface area contributed by atoms with E-state index in [4.69, 9.17) is 43.9 Å². The van der Waals surface area contributed by atoms with Crippen molar-refractivity contribution < 1.29 is 34.1 Å². The van der Waals surface area contributed by atoms with Gasteiger partial charge in [0.05, 0.1) is 23.3 Å². The van der Waals surface area contributed by atoms with Crippen LogP contribution in [0, 0.1) is 11.2 Å². The molecule has 1 aliphatic heterocycles. The Morgan fingerprint density at radius 3 is 2.48 bits per heavy atom. The molecule has 3 aromatic rings. The summed E-state index contributed by atoms with van der Waals surface area (Å²) in [6.07, 6.45) is 3.07. The second-order valence-electron chi connectivity index (χ2n) is 10.2. The molecule has 46 heavy (non-hydrogen) atoms. The second kappa shape index (κ2) is 13.2. The van der Waals surface area contributed by atoms with Gasteiger partial charge in [-0.25, -0.2) is 9.07 Å². The van der Waals surface area contributed by atoms with Crippen molar-refractivity contribution in [2.45, 2.75) is 18.6 Å². The quantitative estimate of drug-likeness (QED) is 0.181. The number of piperazine rings is 1. The fourth-order valence-corrected chi connectivity index (χ4v) is 5.05. The summed E-state index contributed by atoms with van der Waals surface area (Å²) in [5.41, 5.74) is 1.29. The van der Waals surface area contributed by atoms with E-state index < -0.39 is 48.8 Å². The average molecular weight is 671 g/mol. The van der Waals surface area contributed by atoms with E-state index in [-0.39, 0.29) is 39.3 Å². The molecule has 0 spiro atoms. The maximum Gasteiger partial charge on any atom is 0.366 e. The van der Waals surface area contributed by atoms with Gasteiger partial charge in [0.1, 0.15) is 24.9 Å². The average Bonchev–Trinajstić information content (AvgIpc) is 3.43. The lowest BCUT2D eigenvalue weighted by atomic mass is 10.0. The molecule has 2 aliphatic rings. The zero-order valence-corrected chi connectivity index (χ0v) is 25.1. The number of allylic oxidation sites excluding steroid dienone is 4. The Labute approximate surface area is 270 Å². The Balaban J connectivity index is 1.42. The fraction of sp³-hybridized carbons (Fsp3) is 0.172. The summed E-state index contributed by atoms with van der Waals surface area (Å²) < 4.78 is 15.0. The molecular weight excluding hydrogens is 646 g/mol. The Bertz CT molecular complexity index is 1800. The lowest BCUT2D eigenvalue weighted by Crippen LogP contribution is -2.60. The van der Waals surface area contributed by atoms with Crippen molar-refractivity contribution in [1.82, 2.24) is 30.5 Å². The summed E-state index contributed by atoms with van der Waals surface area (Å²) in [6, 6.07) is 8.73. The van der Waals surface area contributed by atoms with Crippen molar-refractivity contribution in [2.24, 2.45) is 0 Å². The van der Waals surface area contributed by atoms with Crippen LogP contribution in [-0.4, -0.2) is 83.9 Å². The first-order chi connectivity index (χ1) is 21.8. The number of anilines is 1. The van der Waals surface area contributed by atoms with Crippen LogP contribution in [0.25, 0.3) is 5.69 Å². The van der Waals surface area contributed by atoms with E-state index in [9.17, 15) is 18.8 Å². The van der Waals surface area contributed by atoms with Gasteiger partial charge in [-0.15, -0.1) is 5.10 Å². The summed E-state index contributed by atoms with van der Waals surface area (Å²) in [5, 5.41) is 48.0. The molecule has 238 valence electrons. The number of amides is 3. The molecule has 3 amide bonds. The van der Waals surface area contributed by atoms with Crippen LogP contribution < -0.4 is 15.5 Å². The predicted octanol–water partition coefficient (Wildman–Crippen LogP) is 1.15. The highest BCUT2D eigenvalue weighted by Crippen LogP contribution is 2.30. The molecule has 17 heteroatoms. The molecular formula is C29H25Cl2FN8O6.